The van der Waals surface area contributed by atoms with Crippen molar-refractivity contribution in [3.8, 4) is 5.75 Å². The largest absolute Gasteiger partial charge is 0.496 e. The van der Waals surface area contributed by atoms with Crippen LogP contribution < -0.4 is 15.8 Å². The first-order valence-corrected chi connectivity index (χ1v) is 7.29. The summed E-state index contributed by atoms with van der Waals surface area (Å²) in [5.74, 6) is 1.54. The highest BCUT2D eigenvalue weighted by Gasteiger charge is 2.14. The Hall–Kier alpha value is -2.07. The Kier molecular flexibility index (Phi) is 5.58. The number of hydrogen-bond donors (Lipinski definition) is 2. The van der Waals surface area contributed by atoms with Crippen LogP contribution in [-0.4, -0.2) is 24.7 Å². The molecule has 4 heteroatoms. The Bertz CT molecular complexity index is 571. The maximum Gasteiger partial charge on any atom is 0.126 e. The van der Waals surface area contributed by atoms with Crippen LogP contribution in [0.25, 0.3) is 0 Å². The van der Waals surface area contributed by atoms with Crippen molar-refractivity contribution in [1.82, 2.24) is 10.3 Å². The van der Waals surface area contributed by atoms with Gasteiger partial charge in [0, 0.05) is 12.2 Å². The van der Waals surface area contributed by atoms with Crippen molar-refractivity contribution in [1.29, 1.82) is 0 Å². The van der Waals surface area contributed by atoms with E-state index in [0.717, 1.165) is 30.7 Å². The molecule has 1 aromatic carbocycles. The summed E-state index contributed by atoms with van der Waals surface area (Å²) < 4.78 is 5.43. The molecule has 1 aromatic heterocycles. The van der Waals surface area contributed by atoms with Crippen molar-refractivity contribution in [3.63, 3.8) is 0 Å². The van der Waals surface area contributed by atoms with Gasteiger partial charge in [-0.2, -0.15) is 0 Å². The summed E-state index contributed by atoms with van der Waals surface area (Å²) in [7, 11) is 1.71. The molecule has 0 bridgehead atoms. The summed E-state index contributed by atoms with van der Waals surface area (Å²) in [6, 6.07) is 12.4. The molecule has 0 aliphatic carbocycles. The second-order valence-corrected chi connectivity index (χ2v) is 5.02. The van der Waals surface area contributed by atoms with E-state index in [4.69, 9.17) is 10.5 Å². The number of nitrogens with zero attached hydrogens (tertiary/aromatic N) is 1. The van der Waals surface area contributed by atoms with Gasteiger partial charge in [-0.05, 0) is 42.6 Å². The van der Waals surface area contributed by atoms with E-state index in [1.165, 1.54) is 5.56 Å². The van der Waals surface area contributed by atoms with E-state index in [1.807, 2.05) is 30.3 Å². The molecule has 112 valence electrons. The number of hydrogen-bond acceptors (Lipinski definition) is 4. The van der Waals surface area contributed by atoms with Gasteiger partial charge in [0.2, 0.25) is 0 Å². The maximum atomic E-state index is 5.95. The molecule has 4 nitrogen and oxygen atoms in total. The molecule has 1 atom stereocenters. The van der Waals surface area contributed by atoms with Crippen molar-refractivity contribution < 1.29 is 4.74 Å². The number of likely N-dealkylation sites (N-methyl/N-ethyl adjacent to an activating group) is 1. The number of anilines is 1. The van der Waals surface area contributed by atoms with Crippen molar-refractivity contribution >= 4 is 5.82 Å². The average molecular weight is 285 g/mol. The fraction of sp³-hybridized carbons (Fsp3) is 0.353. The minimum Gasteiger partial charge on any atom is -0.496 e. The van der Waals surface area contributed by atoms with Gasteiger partial charge >= 0.3 is 0 Å². The lowest BCUT2D eigenvalue weighted by molar-refractivity contribution is 0.404. The summed E-state index contributed by atoms with van der Waals surface area (Å²) in [5, 5.41) is 3.52. The summed E-state index contributed by atoms with van der Waals surface area (Å²) in [6.07, 6.45) is 3.47. The predicted octanol–water partition coefficient (Wildman–Crippen LogP) is 2.44. The third-order valence-corrected chi connectivity index (χ3v) is 3.54. The molecule has 0 saturated heterocycles. The summed E-state index contributed by atoms with van der Waals surface area (Å²) in [4.78, 5) is 4.16. The molecule has 2 aromatic rings. The Morgan fingerprint density at radius 1 is 1.14 bits per heavy atom. The first kappa shape index (κ1) is 15.3. The number of benzene rings is 1. The number of aromatic nitrogens is 1. The van der Waals surface area contributed by atoms with Gasteiger partial charge in [-0.15, -0.1) is 0 Å². The standard InChI is InChI=1S/C17H23N3O/c1-3-19-15(12-14-8-6-10-20-17(14)18)11-13-7-4-5-9-16(13)21-2/h4-10,15,19H,3,11-12H2,1-2H3,(H2,18,20). The first-order chi connectivity index (χ1) is 10.2. The highest BCUT2D eigenvalue weighted by Crippen LogP contribution is 2.20. The molecule has 0 amide bonds. The lowest BCUT2D eigenvalue weighted by Crippen LogP contribution is -2.33. The molecule has 3 N–H and O–H groups in total. The van der Waals surface area contributed by atoms with Gasteiger partial charge in [0.05, 0.1) is 7.11 Å². The Morgan fingerprint density at radius 2 is 1.86 bits per heavy atom. The molecular weight excluding hydrogens is 262 g/mol. The highest BCUT2D eigenvalue weighted by atomic mass is 16.5. The molecular formula is C17H23N3O. The topological polar surface area (TPSA) is 60.2 Å². The number of pyridine rings is 1. The van der Waals surface area contributed by atoms with Gasteiger partial charge in [0.1, 0.15) is 11.6 Å². The number of methoxy groups -OCH3 is 1. The first-order valence-electron chi connectivity index (χ1n) is 7.29. The Labute approximate surface area is 126 Å². The monoisotopic (exact) mass is 285 g/mol. The van der Waals surface area contributed by atoms with Gasteiger partial charge in [-0.25, -0.2) is 4.98 Å². The Balaban J connectivity index is 2.14. The van der Waals surface area contributed by atoms with Gasteiger partial charge in [0.25, 0.3) is 0 Å². The second kappa shape index (κ2) is 7.64. The molecule has 0 aliphatic rings. The zero-order valence-corrected chi connectivity index (χ0v) is 12.7. The van der Waals surface area contributed by atoms with E-state index < -0.39 is 0 Å². The summed E-state index contributed by atoms with van der Waals surface area (Å²) in [5.41, 5.74) is 8.23. The number of nitrogens with one attached hydrogen (secondary N) is 1. The number of para-hydroxylation sites is 1. The van der Waals surface area contributed by atoms with Crippen LogP contribution in [-0.2, 0) is 12.8 Å². The smallest absolute Gasteiger partial charge is 0.126 e. The summed E-state index contributed by atoms with van der Waals surface area (Å²) >= 11 is 0. The molecule has 0 aliphatic heterocycles. The van der Waals surface area contributed by atoms with Crippen molar-refractivity contribution in [2.24, 2.45) is 0 Å². The van der Waals surface area contributed by atoms with Crippen LogP contribution in [0, 0.1) is 0 Å². The van der Waals surface area contributed by atoms with Gasteiger partial charge in [-0.3, -0.25) is 0 Å². The third kappa shape index (κ3) is 4.20. The lowest BCUT2D eigenvalue weighted by Gasteiger charge is -2.20. The van der Waals surface area contributed by atoms with Crippen molar-refractivity contribution in [2.45, 2.75) is 25.8 Å². The molecule has 0 spiro atoms. The minimum absolute atomic E-state index is 0.304. The quantitative estimate of drug-likeness (QED) is 0.820. The molecule has 1 heterocycles. The van der Waals surface area contributed by atoms with Crippen LogP contribution in [0.1, 0.15) is 18.1 Å². The van der Waals surface area contributed by atoms with E-state index in [1.54, 1.807) is 13.3 Å². The van der Waals surface area contributed by atoms with Crippen LogP contribution in [0.3, 0.4) is 0 Å². The van der Waals surface area contributed by atoms with Crippen LogP contribution >= 0.6 is 0 Å². The van der Waals surface area contributed by atoms with Crippen LogP contribution in [0.4, 0.5) is 5.82 Å². The van der Waals surface area contributed by atoms with Crippen LogP contribution in [0.5, 0.6) is 5.75 Å². The normalized spacial score (nSPS) is 12.1. The van der Waals surface area contributed by atoms with Crippen LogP contribution in [0.15, 0.2) is 42.6 Å². The zero-order valence-electron chi connectivity index (χ0n) is 12.7. The molecule has 2 rings (SSSR count). The highest BCUT2D eigenvalue weighted by molar-refractivity contribution is 5.40. The van der Waals surface area contributed by atoms with Crippen molar-refractivity contribution in [2.75, 3.05) is 19.4 Å². The van der Waals surface area contributed by atoms with E-state index in [9.17, 15) is 0 Å². The SMILES string of the molecule is CCNC(Cc1ccccc1OC)Cc1cccnc1N. The van der Waals surface area contributed by atoms with E-state index >= 15 is 0 Å². The van der Waals surface area contributed by atoms with Crippen LogP contribution in [0.2, 0.25) is 0 Å². The third-order valence-electron chi connectivity index (χ3n) is 3.54. The number of rotatable bonds is 7. The fourth-order valence-electron chi connectivity index (χ4n) is 2.53. The molecule has 0 saturated carbocycles. The fourth-order valence-corrected chi connectivity index (χ4v) is 2.53. The van der Waals surface area contributed by atoms with E-state index in [0.29, 0.717) is 11.9 Å². The maximum absolute atomic E-state index is 5.95. The van der Waals surface area contributed by atoms with E-state index in [2.05, 4.69) is 23.3 Å². The van der Waals surface area contributed by atoms with E-state index in [-0.39, 0.29) is 0 Å². The molecule has 0 radical (unpaired) electrons. The van der Waals surface area contributed by atoms with Crippen molar-refractivity contribution in [3.05, 3.63) is 53.7 Å². The van der Waals surface area contributed by atoms with Gasteiger partial charge in [0.15, 0.2) is 0 Å². The number of nitrogen functional groups attached to an aromatic ring is 1. The van der Waals surface area contributed by atoms with Gasteiger partial charge < -0.3 is 15.8 Å². The average Bonchev–Trinajstić information content (AvgIpc) is 2.50. The number of nitrogens with two attached hydrogens (primary N) is 1. The molecule has 21 heavy (non-hydrogen) atoms. The summed E-state index contributed by atoms with van der Waals surface area (Å²) in [6.45, 7) is 3.03. The zero-order chi connectivity index (χ0) is 15.1. The minimum atomic E-state index is 0.304. The van der Waals surface area contributed by atoms with Gasteiger partial charge in [-0.1, -0.05) is 31.2 Å². The second-order valence-electron chi connectivity index (χ2n) is 5.02. The predicted molar refractivity (Wildman–Crippen MR) is 86.5 cm³/mol. The Morgan fingerprint density at radius 3 is 2.57 bits per heavy atom. The lowest BCUT2D eigenvalue weighted by atomic mass is 9.98. The molecule has 1 unspecified atom stereocenters. The number of ether oxygens (including phenoxy) is 1. The molecule has 0 fully saturated rings.